The van der Waals surface area contributed by atoms with Crippen LogP contribution in [0.4, 0.5) is 0 Å². The number of amides is 2. The molecule has 5 nitrogen and oxygen atoms in total. The van der Waals surface area contributed by atoms with E-state index >= 15 is 0 Å². The summed E-state index contributed by atoms with van der Waals surface area (Å²) in [4.78, 5) is 30.6. The minimum Gasteiger partial charge on any atom is -0.369 e. The van der Waals surface area contributed by atoms with Crippen molar-refractivity contribution >= 4 is 23.6 Å². The molecule has 0 spiro atoms. The van der Waals surface area contributed by atoms with Gasteiger partial charge in [0, 0.05) is 24.2 Å². The molecule has 6 heteroatoms. The van der Waals surface area contributed by atoms with Crippen molar-refractivity contribution in [3.63, 3.8) is 0 Å². The number of carbonyl (C=O) groups excluding carboxylic acids is 2. The van der Waals surface area contributed by atoms with E-state index in [-0.39, 0.29) is 24.2 Å². The van der Waals surface area contributed by atoms with Crippen molar-refractivity contribution in [3.05, 3.63) is 24.0 Å². The zero-order valence-corrected chi connectivity index (χ0v) is 12.4. The summed E-state index contributed by atoms with van der Waals surface area (Å²) in [7, 11) is 0. The van der Waals surface area contributed by atoms with Crippen LogP contribution >= 0.6 is 11.8 Å². The molecule has 0 aromatic carbocycles. The van der Waals surface area contributed by atoms with Gasteiger partial charge in [-0.3, -0.25) is 14.6 Å². The van der Waals surface area contributed by atoms with E-state index in [1.54, 1.807) is 22.9 Å². The number of carbonyl (C=O) groups is 2. The zero-order chi connectivity index (χ0) is 14.5. The van der Waals surface area contributed by atoms with Crippen molar-refractivity contribution in [2.24, 2.45) is 11.7 Å². The van der Waals surface area contributed by atoms with Gasteiger partial charge in [0.15, 0.2) is 0 Å². The van der Waals surface area contributed by atoms with Crippen molar-refractivity contribution in [1.82, 2.24) is 9.88 Å². The Morgan fingerprint density at radius 3 is 3.05 bits per heavy atom. The molecule has 0 radical (unpaired) electrons. The molecule has 1 aromatic heterocycles. The Balaban J connectivity index is 2.02. The summed E-state index contributed by atoms with van der Waals surface area (Å²) < 4.78 is 0. The fraction of sp³-hybridized carbons (Fsp3) is 0.500. The number of nitrogens with zero attached hydrogens (tertiary/aromatic N) is 2. The number of pyridine rings is 1. The largest absolute Gasteiger partial charge is 0.369 e. The van der Waals surface area contributed by atoms with E-state index < -0.39 is 0 Å². The molecule has 2 N–H and O–H groups in total. The lowest BCUT2D eigenvalue weighted by Crippen LogP contribution is -2.44. The second kappa shape index (κ2) is 6.74. The van der Waals surface area contributed by atoms with Gasteiger partial charge in [-0.25, -0.2) is 0 Å². The Morgan fingerprint density at radius 1 is 1.55 bits per heavy atom. The lowest BCUT2D eigenvalue weighted by atomic mass is 9.97. The predicted octanol–water partition coefficient (Wildman–Crippen LogP) is 1.07. The normalized spacial score (nSPS) is 18.9. The van der Waals surface area contributed by atoms with Crippen LogP contribution in [0, 0.1) is 5.92 Å². The molecule has 2 rings (SSSR count). The van der Waals surface area contributed by atoms with Crippen LogP contribution in [0.25, 0.3) is 0 Å². The smallest absolute Gasteiger partial charge is 0.228 e. The highest BCUT2D eigenvalue weighted by Gasteiger charge is 2.27. The first-order valence-electron chi connectivity index (χ1n) is 6.66. The van der Waals surface area contributed by atoms with Crippen molar-refractivity contribution in [3.8, 4) is 0 Å². The second-order valence-electron chi connectivity index (χ2n) is 4.91. The van der Waals surface area contributed by atoms with Crippen LogP contribution in [0.1, 0.15) is 18.5 Å². The zero-order valence-electron chi connectivity index (χ0n) is 11.5. The molecule has 1 fully saturated rings. The van der Waals surface area contributed by atoms with E-state index in [1.165, 1.54) is 0 Å². The average molecular weight is 293 g/mol. The van der Waals surface area contributed by atoms with Gasteiger partial charge in [-0.15, -0.1) is 11.8 Å². The number of nitrogens with two attached hydrogens (primary N) is 1. The molecule has 2 amide bonds. The van der Waals surface area contributed by atoms with Gasteiger partial charge < -0.3 is 10.6 Å². The van der Waals surface area contributed by atoms with Crippen LogP contribution in [0.2, 0.25) is 0 Å². The molecule has 1 aliphatic rings. The van der Waals surface area contributed by atoms with Crippen LogP contribution < -0.4 is 5.73 Å². The Morgan fingerprint density at radius 2 is 2.35 bits per heavy atom. The van der Waals surface area contributed by atoms with E-state index in [9.17, 15) is 9.59 Å². The fourth-order valence-corrected chi connectivity index (χ4v) is 3.01. The Labute approximate surface area is 122 Å². The molecule has 1 saturated heterocycles. The van der Waals surface area contributed by atoms with Gasteiger partial charge in [-0.2, -0.15) is 0 Å². The van der Waals surface area contributed by atoms with Gasteiger partial charge in [0.25, 0.3) is 0 Å². The summed E-state index contributed by atoms with van der Waals surface area (Å²) in [5.74, 6) is -0.508. The Kier molecular flexibility index (Phi) is 5.00. The van der Waals surface area contributed by atoms with Crippen LogP contribution in [-0.2, 0) is 16.0 Å². The molecule has 0 bridgehead atoms. The molecule has 20 heavy (non-hydrogen) atoms. The third-order valence-electron chi connectivity index (χ3n) is 3.56. The van der Waals surface area contributed by atoms with E-state index in [0.29, 0.717) is 13.1 Å². The van der Waals surface area contributed by atoms with Gasteiger partial charge in [-0.05, 0) is 31.2 Å². The number of primary amides is 1. The lowest BCUT2D eigenvalue weighted by Gasteiger charge is -2.31. The van der Waals surface area contributed by atoms with Crippen molar-refractivity contribution in [1.29, 1.82) is 0 Å². The van der Waals surface area contributed by atoms with Crippen LogP contribution in [0.3, 0.4) is 0 Å². The highest BCUT2D eigenvalue weighted by molar-refractivity contribution is 7.98. The number of hydrogen-bond donors (Lipinski definition) is 1. The first kappa shape index (κ1) is 14.8. The lowest BCUT2D eigenvalue weighted by molar-refractivity contribution is -0.134. The first-order valence-corrected chi connectivity index (χ1v) is 7.89. The van der Waals surface area contributed by atoms with Crippen molar-refractivity contribution < 1.29 is 9.59 Å². The number of rotatable bonds is 4. The van der Waals surface area contributed by atoms with Gasteiger partial charge in [0.1, 0.15) is 0 Å². The SMILES string of the molecule is CSc1cccnc1CC(=O)N1CCC[C@H](C(N)=O)C1. The van der Waals surface area contributed by atoms with E-state index in [0.717, 1.165) is 23.4 Å². The molecule has 108 valence electrons. The third kappa shape index (κ3) is 3.50. The van der Waals surface area contributed by atoms with E-state index in [2.05, 4.69) is 4.98 Å². The minimum atomic E-state index is -0.315. The maximum absolute atomic E-state index is 12.3. The summed E-state index contributed by atoms with van der Waals surface area (Å²) >= 11 is 1.58. The maximum Gasteiger partial charge on any atom is 0.228 e. The summed E-state index contributed by atoms with van der Waals surface area (Å²) in [5.41, 5.74) is 6.13. The van der Waals surface area contributed by atoms with Crippen molar-refractivity contribution in [2.75, 3.05) is 19.3 Å². The van der Waals surface area contributed by atoms with Gasteiger partial charge in [0.05, 0.1) is 18.0 Å². The van der Waals surface area contributed by atoms with Crippen LogP contribution in [0.15, 0.2) is 23.2 Å². The van der Waals surface area contributed by atoms with Gasteiger partial charge in [0.2, 0.25) is 11.8 Å². The molecule has 0 aliphatic carbocycles. The molecule has 0 saturated carbocycles. The number of likely N-dealkylation sites (tertiary alicyclic amines) is 1. The average Bonchev–Trinajstić information content (AvgIpc) is 2.48. The first-order chi connectivity index (χ1) is 9.61. The van der Waals surface area contributed by atoms with Gasteiger partial charge >= 0.3 is 0 Å². The summed E-state index contributed by atoms with van der Waals surface area (Å²) in [6.07, 6.45) is 5.55. The quantitative estimate of drug-likeness (QED) is 0.843. The Hall–Kier alpha value is -1.56. The fourth-order valence-electron chi connectivity index (χ4n) is 2.43. The molecule has 1 atom stereocenters. The molecular weight excluding hydrogens is 274 g/mol. The number of thioether (sulfide) groups is 1. The highest BCUT2D eigenvalue weighted by Crippen LogP contribution is 2.21. The molecular formula is C14H19N3O2S. The predicted molar refractivity (Wildman–Crippen MR) is 78.2 cm³/mol. The monoisotopic (exact) mass is 293 g/mol. The summed E-state index contributed by atoms with van der Waals surface area (Å²) in [6.45, 7) is 1.14. The number of hydrogen-bond acceptors (Lipinski definition) is 4. The van der Waals surface area contributed by atoms with Gasteiger partial charge in [-0.1, -0.05) is 0 Å². The summed E-state index contributed by atoms with van der Waals surface area (Å²) in [6, 6.07) is 3.83. The molecule has 2 heterocycles. The van der Waals surface area contributed by atoms with E-state index in [4.69, 9.17) is 5.73 Å². The maximum atomic E-state index is 12.3. The third-order valence-corrected chi connectivity index (χ3v) is 4.38. The molecule has 0 unspecified atom stereocenters. The Bertz CT molecular complexity index is 507. The van der Waals surface area contributed by atoms with Crippen LogP contribution in [0.5, 0.6) is 0 Å². The van der Waals surface area contributed by atoms with E-state index in [1.807, 2.05) is 18.4 Å². The van der Waals surface area contributed by atoms with Crippen LogP contribution in [-0.4, -0.2) is 41.0 Å². The minimum absolute atomic E-state index is 0.0185. The highest BCUT2D eigenvalue weighted by atomic mass is 32.2. The standard InChI is InChI=1S/C14H19N3O2S/c1-20-12-5-2-6-16-11(12)8-13(18)17-7-3-4-10(9-17)14(15)19/h2,5-6,10H,3-4,7-9H2,1H3,(H2,15,19)/t10-/m0/s1. The topological polar surface area (TPSA) is 76.3 Å². The molecule has 1 aromatic rings. The van der Waals surface area contributed by atoms with Crippen molar-refractivity contribution in [2.45, 2.75) is 24.2 Å². The molecule has 1 aliphatic heterocycles. The second-order valence-corrected chi connectivity index (χ2v) is 5.76. The number of aromatic nitrogens is 1. The number of piperidine rings is 1. The summed E-state index contributed by atoms with van der Waals surface area (Å²) in [5, 5.41) is 0.